The summed E-state index contributed by atoms with van der Waals surface area (Å²) >= 11 is -0.338. The summed E-state index contributed by atoms with van der Waals surface area (Å²) in [5, 5.41) is 11.4. The number of thioether (sulfide) groups is 1. The lowest BCUT2D eigenvalue weighted by molar-refractivity contribution is -0.883. The number of carbonyl (C=O) groups is 2. The lowest BCUT2D eigenvalue weighted by Gasteiger charge is -2.47. The molecule has 0 fully saturated rings. The Morgan fingerprint density at radius 2 is 0.693 bits per heavy atom. The highest BCUT2D eigenvalue weighted by Crippen LogP contribution is 2.70. The number of nitrogens with zero attached hydrogens (tertiary/aromatic N) is 1. The van der Waals surface area contributed by atoms with Crippen molar-refractivity contribution in [2.75, 3.05) is 51.8 Å². The third-order valence-corrected chi connectivity index (χ3v) is 11.2. The Balaban J connectivity index is 7.01. The van der Waals surface area contributed by atoms with E-state index in [0.29, 0.717) is 0 Å². The van der Waals surface area contributed by atoms with E-state index in [0.717, 1.165) is 6.92 Å². The Bertz CT molecular complexity index is 2000. The van der Waals surface area contributed by atoms with Crippen LogP contribution in [0.4, 0.5) is 162 Å². The number of hydrogen-bond acceptors (Lipinski definition) is 4. The number of likely N-dealkylation sites (N-methyl/N-ethyl adjacent to an activating group) is 1. The number of rotatable bonds is 30. The van der Waals surface area contributed by atoms with Crippen LogP contribution in [0.1, 0.15) is 19.8 Å². The van der Waals surface area contributed by atoms with Gasteiger partial charge in [-0.25, -0.2) is 4.79 Å². The number of halogens is 37. The first-order valence-electron chi connectivity index (χ1n) is 18.5. The van der Waals surface area contributed by atoms with E-state index in [1.165, 1.54) is 14.1 Å². The van der Waals surface area contributed by atoms with Crippen LogP contribution in [0.2, 0.25) is 0 Å². The van der Waals surface area contributed by atoms with Crippen molar-refractivity contribution in [3.8, 4) is 0 Å². The van der Waals surface area contributed by atoms with Crippen molar-refractivity contribution >= 4 is 23.5 Å². The average molecular weight is 1220 g/mol. The molecule has 0 aromatic carbocycles. The third kappa shape index (κ3) is 10.9. The first-order valence-corrected chi connectivity index (χ1v) is 19.7. The van der Waals surface area contributed by atoms with Crippen LogP contribution in [0.15, 0.2) is 0 Å². The second-order valence-corrected chi connectivity index (χ2v) is 17.4. The average Bonchev–Trinajstić information content (AvgIpc) is 3.19. The van der Waals surface area contributed by atoms with Crippen LogP contribution >= 0.6 is 11.8 Å². The molecule has 0 radical (unpaired) electrons. The number of alkyl halides is 37. The fourth-order valence-electron chi connectivity index (χ4n) is 5.35. The van der Waals surface area contributed by atoms with Crippen molar-refractivity contribution in [3.05, 3.63) is 0 Å². The molecule has 0 aromatic rings. The molecule has 0 amide bonds. The number of hydrogen-bond donors (Lipinski definition) is 2. The number of ketones is 1. The molecular formula is C32H28F37N2O3S+. The molecule has 0 spiro atoms. The summed E-state index contributed by atoms with van der Waals surface area (Å²) < 4.78 is 513. The maximum absolute atomic E-state index is 14.3. The zero-order valence-electron chi connectivity index (χ0n) is 35.8. The highest BCUT2D eigenvalue weighted by Gasteiger charge is 3.02. The van der Waals surface area contributed by atoms with Gasteiger partial charge in [0.1, 0.15) is 5.78 Å². The maximum atomic E-state index is 14.3. The van der Waals surface area contributed by atoms with Gasteiger partial charge in [-0.1, -0.05) is 6.92 Å². The van der Waals surface area contributed by atoms with Crippen LogP contribution in [-0.2, 0) is 9.59 Å². The lowest BCUT2D eigenvalue weighted by atomic mass is 9.82. The Morgan fingerprint density at radius 3 is 0.947 bits per heavy atom. The molecule has 1 atom stereocenters. The van der Waals surface area contributed by atoms with Crippen LogP contribution in [-0.4, -0.2) is 180 Å². The fourth-order valence-corrected chi connectivity index (χ4v) is 6.38. The van der Waals surface area contributed by atoms with Gasteiger partial charge in [-0.2, -0.15) is 174 Å². The number of nitrogens with one attached hydrogen (secondary N) is 1. The van der Waals surface area contributed by atoms with E-state index < -0.39 is 142 Å². The van der Waals surface area contributed by atoms with E-state index >= 15 is 0 Å². The Morgan fingerprint density at radius 1 is 0.440 bits per heavy atom. The van der Waals surface area contributed by atoms with Gasteiger partial charge in [0.25, 0.3) is 0 Å². The van der Waals surface area contributed by atoms with E-state index in [2.05, 4.69) is 5.32 Å². The second kappa shape index (κ2) is 20.5. The number of carboxylic acids is 1. The summed E-state index contributed by atoms with van der Waals surface area (Å²) in [5.41, 5.74) is 0. The SMILES string of the molecule is CC(CNCCC[N+](C)(C)CC(=O)O)C(=O)CSCCC(F)(F)C(F)(F)C(F)(F)C(F)(F)C(F)(F)C(F)(F)C(F)(F)C(F)(F)C(F)(F)C(F)(F)C(F)(F)C(F)(F)C(F)(F)C(F)(F)C(F)(F)C(F)(F)C(F)(F)C(F)(F)F. The van der Waals surface area contributed by atoms with Gasteiger partial charge in [-0.3, -0.25) is 4.79 Å². The molecule has 5 nitrogen and oxygen atoms in total. The normalized spacial score (nSPS) is 16.6. The van der Waals surface area contributed by atoms with E-state index in [9.17, 15) is 172 Å². The third-order valence-electron chi connectivity index (χ3n) is 10.2. The van der Waals surface area contributed by atoms with Crippen LogP contribution < -0.4 is 5.32 Å². The van der Waals surface area contributed by atoms with Crippen molar-refractivity contribution in [1.82, 2.24) is 5.32 Å². The van der Waals surface area contributed by atoms with Gasteiger partial charge in [-0.05, 0) is 5.75 Å². The van der Waals surface area contributed by atoms with E-state index in [4.69, 9.17) is 5.11 Å². The number of Topliss-reactive ketones (excluding diaryl/α,β-unsaturated/α-hetero) is 1. The van der Waals surface area contributed by atoms with Crippen LogP contribution in [0.25, 0.3) is 0 Å². The summed E-state index contributed by atoms with van der Waals surface area (Å²) in [4.78, 5) is 23.0. The fraction of sp³-hybridized carbons (Fsp3) is 0.938. The molecule has 0 aliphatic rings. The first-order chi connectivity index (χ1) is 32.2. The van der Waals surface area contributed by atoms with Crippen LogP contribution in [0.3, 0.4) is 0 Å². The standard InChI is InChI=1S/C32H27F37N2O3S/c1-12(9-70-6-4-7-71(2,3)10-14(73)74)13(72)11-75-8-5-15(33,34)16(35,36)17(37,38)18(39,40)19(41,42)20(43,44)21(45,46)22(47,48)23(49,50)24(51,52)25(53,54)26(55,56)27(57,58)28(59,60)29(61,62)30(63,64)31(65,66)32(67,68)69/h12,70H,4-11H2,1-3H3/p+1. The summed E-state index contributed by atoms with van der Waals surface area (Å²) in [6.45, 7) is 0.675. The molecule has 0 saturated carbocycles. The highest BCUT2D eigenvalue weighted by molar-refractivity contribution is 7.99. The zero-order valence-corrected chi connectivity index (χ0v) is 36.7. The summed E-state index contributed by atoms with van der Waals surface area (Å²) in [6.07, 6.45) is -11.4. The van der Waals surface area contributed by atoms with Crippen LogP contribution in [0, 0.1) is 5.92 Å². The largest absolute Gasteiger partial charge is 0.477 e. The molecule has 448 valence electrons. The minimum atomic E-state index is -10.5. The van der Waals surface area contributed by atoms with Crippen molar-refractivity contribution in [1.29, 1.82) is 0 Å². The quantitative estimate of drug-likeness (QED) is 0.0426. The van der Waals surface area contributed by atoms with Crippen molar-refractivity contribution in [2.45, 2.75) is 127 Å². The van der Waals surface area contributed by atoms with Gasteiger partial charge in [-0.15, -0.1) is 0 Å². The maximum Gasteiger partial charge on any atom is 0.460 e. The molecule has 75 heavy (non-hydrogen) atoms. The van der Waals surface area contributed by atoms with E-state index in [1.54, 1.807) is 0 Å². The summed E-state index contributed by atoms with van der Waals surface area (Å²) in [7, 11) is 2.98. The van der Waals surface area contributed by atoms with Crippen molar-refractivity contribution in [3.63, 3.8) is 0 Å². The van der Waals surface area contributed by atoms with Gasteiger partial charge in [0.15, 0.2) is 6.54 Å². The minimum absolute atomic E-state index is 0.0533. The van der Waals surface area contributed by atoms with Gasteiger partial charge in [0.05, 0.1) is 26.4 Å². The molecule has 0 saturated heterocycles. The van der Waals surface area contributed by atoms with E-state index in [-0.39, 0.29) is 48.8 Å². The van der Waals surface area contributed by atoms with Gasteiger partial charge < -0.3 is 14.9 Å². The number of carboxylic acid groups (broad SMARTS) is 1. The molecule has 0 bridgehead atoms. The Labute approximate surface area is 395 Å². The van der Waals surface area contributed by atoms with Crippen molar-refractivity contribution < 1.29 is 182 Å². The topological polar surface area (TPSA) is 66.4 Å². The minimum Gasteiger partial charge on any atom is -0.477 e. The predicted molar refractivity (Wildman–Crippen MR) is 173 cm³/mol. The Hall–Kier alpha value is -3.18. The molecule has 2 N–H and O–H groups in total. The van der Waals surface area contributed by atoms with Gasteiger partial charge in [0, 0.05) is 31.8 Å². The summed E-state index contributed by atoms with van der Waals surface area (Å²) in [6, 6.07) is 0. The molecule has 1 unspecified atom stereocenters. The molecule has 0 aromatic heterocycles. The molecule has 0 aliphatic heterocycles. The van der Waals surface area contributed by atoms with Crippen LogP contribution in [0.5, 0.6) is 0 Å². The highest BCUT2D eigenvalue weighted by atomic mass is 32.2. The monoisotopic (exact) mass is 1220 g/mol. The molecule has 0 aliphatic carbocycles. The molecule has 0 rings (SSSR count). The smallest absolute Gasteiger partial charge is 0.460 e. The number of quaternary nitrogens is 1. The van der Waals surface area contributed by atoms with E-state index in [1.807, 2.05) is 0 Å². The number of carbonyl (C=O) groups excluding carboxylic acids is 1. The van der Waals surface area contributed by atoms with Gasteiger partial charge >= 0.3 is 113 Å². The van der Waals surface area contributed by atoms with Gasteiger partial charge in [0.2, 0.25) is 0 Å². The second-order valence-electron chi connectivity index (χ2n) is 16.3. The zero-order chi connectivity index (χ0) is 61.3. The summed E-state index contributed by atoms with van der Waals surface area (Å²) in [5.74, 6) is -172. The molecule has 43 heteroatoms. The molecular weight excluding hydrogens is 1200 g/mol. The number of aliphatic carboxylic acids is 1. The van der Waals surface area contributed by atoms with Crippen molar-refractivity contribution in [2.24, 2.45) is 5.92 Å². The first kappa shape index (κ1) is 71.8. The molecule has 0 heterocycles. The predicted octanol–water partition coefficient (Wildman–Crippen LogP) is 12.8. The lowest BCUT2D eigenvalue weighted by Crippen LogP contribution is -2.80. The Kier molecular flexibility index (Phi) is 19.6.